The van der Waals surface area contributed by atoms with E-state index in [1.165, 1.54) is 6.20 Å². The lowest BCUT2D eigenvalue weighted by Gasteiger charge is -2.37. The van der Waals surface area contributed by atoms with E-state index in [0.717, 1.165) is 36.2 Å². The summed E-state index contributed by atoms with van der Waals surface area (Å²) >= 11 is 0. The monoisotopic (exact) mass is 420 g/mol. The normalized spacial score (nSPS) is 21.0. The van der Waals surface area contributed by atoms with Crippen molar-refractivity contribution in [3.63, 3.8) is 0 Å². The van der Waals surface area contributed by atoms with E-state index in [1.54, 1.807) is 18.7 Å². The van der Waals surface area contributed by atoms with Crippen molar-refractivity contribution in [2.45, 2.75) is 46.7 Å². The predicted octanol–water partition coefficient (Wildman–Crippen LogP) is 5.26. The first-order valence-electron chi connectivity index (χ1n) is 10.00. The van der Waals surface area contributed by atoms with E-state index < -0.39 is 17.4 Å². The highest BCUT2D eigenvalue weighted by Crippen LogP contribution is 2.40. The average Bonchev–Trinajstić information content (AvgIpc) is 2.67. The Hall–Kier alpha value is -2.57. The van der Waals surface area contributed by atoms with Gasteiger partial charge in [0, 0.05) is 48.0 Å². The highest BCUT2D eigenvalue weighted by Gasteiger charge is 2.46. The minimum atomic E-state index is -4.89. The van der Waals surface area contributed by atoms with E-state index >= 15 is 0 Å². The number of alkyl halides is 3. The lowest BCUT2D eigenvalue weighted by atomic mass is 9.77. The molecule has 30 heavy (non-hydrogen) atoms. The summed E-state index contributed by atoms with van der Waals surface area (Å²) in [6.07, 6.45) is 0.471. The molecule has 2 heterocycles. The molecule has 1 aromatic carbocycles. The van der Waals surface area contributed by atoms with Gasteiger partial charge >= 0.3 is 6.18 Å². The zero-order valence-electron chi connectivity index (χ0n) is 17.7. The van der Waals surface area contributed by atoms with E-state index in [2.05, 4.69) is 0 Å². The number of hydrogen-bond donors (Lipinski definition) is 0. The molecule has 0 bridgehead atoms. The highest BCUT2D eigenvalue weighted by molar-refractivity contribution is 6.01. The van der Waals surface area contributed by atoms with E-state index in [1.807, 2.05) is 49.2 Å². The van der Waals surface area contributed by atoms with Gasteiger partial charge in [0.1, 0.15) is 6.29 Å². The van der Waals surface area contributed by atoms with Gasteiger partial charge in [0.2, 0.25) is 0 Å². The Kier molecular flexibility index (Phi) is 5.60. The fraction of sp³-hybridized carbons (Fsp3) is 0.478. The molecule has 2 aliphatic rings. The van der Waals surface area contributed by atoms with Crippen LogP contribution in [-0.4, -0.2) is 31.3 Å². The van der Waals surface area contributed by atoms with Crippen LogP contribution < -0.4 is 9.80 Å². The number of carbonyl (C=O) groups excluding carboxylic acids is 2. The third kappa shape index (κ3) is 4.30. The summed E-state index contributed by atoms with van der Waals surface area (Å²) in [5, 5.41) is 0. The van der Waals surface area contributed by atoms with Crippen LogP contribution in [0.25, 0.3) is 0 Å². The van der Waals surface area contributed by atoms with Crippen molar-refractivity contribution in [2.75, 3.05) is 22.9 Å². The van der Waals surface area contributed by atoms with Crippen molar-refractivity contribution in [1.82, 2.24) is 0 Å². The molecule has 3 rings (SSSR count). The quantitative estimate of drug-likeness (QED) is 0.624. The van der Waals surface area contributed by atoms with Crippen LogP contribution in [0, 0.1) is 10.8 Å². The minimum Gasteiger partial charge on any atom is -0.348 e. The molecule has 0 aliphatic carbocycles. The van der Waals surface area contributed by atoms with Gasteiger partial charge in [0.05, 0.1) is 0 Å². The molecule has 1 aromatic rings. The molecule has 4 nitrogen and oxygen atoms in total. The Balaban J connectivity index is 1.86. The minimum absolute atomic E-state index is 0.162. The van der Waals surface area contributed by atoms with Crippen LogP contribution in [0.5, 0.6) is 0 Å². The largest absolute Gasteiger partial charge is 0.454 e. The fourth-order valence-corrected chi connectivity index (χ4v) is 3.83. The maximum atomic E-state index is 13.0. The smallest absolute Gasteiger partial charge is 0.348 e. The first kappa shape index (κ1) is 22.1. The maximum Gasteiger partial charge on any atom is 0.454 e. The second-order valence-electron chi connectivity index (χ2n) is 9.24. The molecule has 7 heteroatoms. The number of aldehydes is 1. The Labute approximate surface area is 175 Å². The number of rotatable bonds is 4. The number of ketones is 1. The zero-order valence-corrected chi connectivity index (χ0v) is 17.7. The van der Waals surface area contributed by atoms with Crippen molar-refractivity contribution in [1.29, 1.82) is 0 Å². The number of carbonyl (C=O) groups is 2. The number of halogens is 3. The molecule has 0 radical (unpaired) electrons. The van der Waals surface area contributed by atoms with E-state index in [4.69, 9.17) is 0 Å². The SMILES string of the molecule is CC1(C)CCN(c2ccc(N3C=C(C(=O)C(F)(F)F)C(C)(C)CC3)cc2)C=C1C=O. The van der Waals surface area contributed by atoms with Gasteiger partial charge in [-0.1, -0.05) is 27.7 Å². The molecule has 0 unspecified atom stereocenters. The van der Waals surface area contributed by atoms with Crippen molar-refractivity contribution < 1.29 is 22.8 Å². The Morgan fingerprint density at radius 1 is 0.900 bits per heavy atom. The van der Waals surface area contributed by atoms with Crippen LogP contribution in [-0.2, 0) is 9.59 Å². The number of anilines is 2. The molecule has 0 saturated heterocycles. The van der Waals surface area contributed by atoms with Crippen molar-refractivity contribution in [3.05, 3.63) is 47.8 Å². The van der Waals surface area contributed by atoms with E-state index in [-0.39, 0.29) is 11.0 Å². The Morgan fingerprint density at radius 3 is 1.83 bits per heavy atom. The first-order valence-corrected chi connectivity index (χ1v) is 10.00. The molecule has 162 valence electrons. The van der Waals surface area contributed by atoms with E-state index in [0.29, 0.717) is 13.0 Å². The number of nitrogens with zero attached hydrogens (tertiary/aromatic N) is 2. The van der Waals surface area contributed by atoms with Gasteiger partial charge in [0.25, 0.3) is 5.78 Å². The van der Waals surface area contributed by atoms with Crippen LogP contribution in [0.4, 0.5) is 24.5 Å². The lowest BCUT2D eigenvalue weighted by molar-refractivity contribution is -0.167. The van der Waals surface area contributed by atoms with Crippen molar-refractivity contribution in [3.8, 4) is 0 Å². The standard InChI is InChI=1S/C23H27F3N2O2/c1-21(2)9-11-27(13-16(21)15-29)17-5-7-18(8-6-17)28-12-10-22(3,4)19(14-28)20(30)23(24,25)26/h5-8,13-15H,9-12H2,1-4H3. The van der Waals surface area contributed by atoms with Gasteiger partial charge in [-0.3, -0.25) is 9.59 Å². The maximum absolute atomic E-state index is 13.0. The van der Waals surface area contributed by atoms with Gasteiger partial charge in [0.15, 0.2) is 0 Å². The molecule has 0 saturated carbocycles. The first-order chi connectivity index (χ1) is 13.8. The summed E-state index contributed by atoms with van der Waals surface area (Å²) in [7, 11) is 0. The third-order valence-electron chi connectivity index (χ3n) is 6.19. The van der Waals surface area contributed by atoms with Crippen LogP contribution >= 0.6 is 0 Å². The third-order valence-corrected chi connectivity index (χ3v) is 6.19. The summed E-state index contributed by atoms with van der Waals surface area (Å²) in [4.78, 5) is 27.0. The Bertz CT molecular complexity index is 896. The summed E-state index contributed by atoms with van der Waals surface area (Å²) in [6, 6.07) is 7.42. The number of hydrogen-bond acceptors (Lipinski definition) is 4. The average molecular weight is 420 g/mol. The topological polar surface area (TPSA) is 40.6 Å². The van der Waals surface area contributed by atoms with Crippen molar-refractivity contribution >= 4 is 23.4 Å². The summed E-state index contributed by atoms with van der Waals surface area (Å²) in [6.45, 7) is 8.70. The number of benzene rings is 1. The second-order valence-corrected chi connectivity index (χ2v) is 9.24. The molecule has 0 aromatic heterocycles. The summed E-state index contributed by atoms with van der Waals surface area (Å²) in [5.41, 5.74) is 1.14. The highest BCUT2D eigenvalue weighted by atomic mass is 19.4. The van der Waals surface area contributed by atoms with Gasteiger partial charge in [-0.25, -0.2) is 0 Å². The predicted molar refractivity (Wildman–Crippen MR) is 111 cm³/mol. The van der Waals surface area contributed by atoms with Crippen LogP contribution in [0.3, 0.4) is 0 Å². The fourth-order valence-electron chi connectivity index (χ4n) is 3.83. The van der Waals surface area contributed by atoms with E-state index in [9.17, 15) is 22.8 Å². The molecule has 0 fully saturated rings. The molecule has 0 amide bonds. The van der Waals surface area contributed by atoms with Crippen LogP contribution in [0.1, 0.15) is 40.5 Å². The lowest BCUT2D eigenvalue weighted by Crippen LogP contribution is -2.39. The number of Topliss-reactive ketones (excluding diaryl/α,β-unsaturated/α-hetero) is 1. The Morgan fingerprint density at radius 2 is 1.37 bits per heavy atom. The zero-order chi connectivity index (χ0) is 22.3. The van der Waals surface area contributed by atoms with Gasteiger partial charge in [-0.05, 0) is 47.9 Å². The van der Waals surface area contributed by atoms with Crippen LogP contribution in [0.2, 0.25) is 0 Å². The van der Waals surface area contributed by atoms with Gasteiger partial charge in [-0.15, -0.1) is 0 Å². The molecular formula is C23H27F3N2O2. The molecule has 0 atom stereocenters. The molecular weight excluding hydrogens is 393 g/mol. The summed E-state index contributed by atoms with van der Waals surface area (Å²) in [5.74, 6) is -1.78. The van der Waals surface area contributed by atoms with Gasteiger partial charge in [-0.2, -0.15) is 13.2 Å². The number of allylic oxidation sites excluding steroid dienone is 2. The van der Waals surface area contributed by atoms with Crippen LogP contribution in [0.15, 0.2) is 47.8 Å². The second kappa shape index (κ2) is 7.60. The van der Waals surface area contributed by atoms with Gasteiger partial charge < -0.3 is 9.80 Å². The molecule has 2 aliphatic heterocycles. The summed E-state index contributed by atoms with van der Waals surface area (Å²) < 4.78 is 39.1. The molecule has 0 N–H and O–H groups in total. The van der Waals surface area contributed by atoms with Crippen molar-refractivity contribution in [2.24, 2.45) is 10.8 Å². The molecule has 0 spiro atoms.